The standard InChI is InChI=1S/C59H102O6/c1-4-7-10-13-16-19-22-25-28-29-32-34-37-40-43-46-49-52-58(61)64-55-56(65-59(62)53-50-47-44-41-38-35-31-27-24-21-18-15-12-9-6-3)54-63-57(60)51-48-45-42-39-36-33-30-26-23-20-17-14-11-8-5-2/h17-18,20-21,25-28,30-31,38,41,56H,4-16,19,22-24,29,32-37,39-40,42-55H2,1-3H3/b20-17-,21-18-,28-25-,30-26-,31-27-,41-38-/t56-/m1/s1. The van der Waals surface area contributed by atoms with E-state index in [2.05, 4.69) is 93.7 Å². The average Bonchev–Trinajstić information content (AvgIpc) is 3.30. The molecule has 0 fully saturated rings. The zero-order chi connectivity index (χ0) is 47.2. The Morgan fingerprint density at radius 1 is 0.308 bits per heavy atom. The fourth-order valence-corrected chi connectivity index (χ4v) is 7.47. The van der Waals surface area contributed by atoms with Gasteiger partial charge in [-0.2, -0.15) is 0 Å². The maximum absolute atomic E-state index is 12.8. The molecule has 1 atom stereocenters. The Morgan fingerprint density at radius 3 is 0.938 bits per heavy atom. The third-order valence-electron chi connectivity index (χ3n) is 11.7. The van der Waals surface area contributed by atoms with Gasteiger partial charge in [-0.1, -0.05) is 203 Å². The molecule has 0 unspecified atom stereocenters. The van der Waals surface area contributed by atoms with Crippen LogP contribution >= 0.6 is 0 Å². The summed E-state index contributed by atoms with van der Waals surface area (Å²) in [5, 5.41) is 0. The zero-order valence-electron chi connectivity index (χ0n) is 42.7. The fraction of sp³-hybridized carbons (Fsp3) is 0.746. The minimum Gasteiger partial charge on any atom is -0.462 e. The van der Waals surface area contributed by atoms with Crippen LogP contribution in [0.5, 0.6) is 0 Å². The van der Waals surface area contributed by atoms with Gasteiger partial charge in [0.05, 0.1) is 0 Å². The molecule has 374 valence electrons. The van der Waals surface area contributed by atoms with Crippen LogP contribution in [0.2, 0.25) is 0 Å². The summed E-state index contributed by atoms with van der Waals surface area (Å²) >= 11 is 0. The Labute approximate surface area is 402 Å². The quantitative estimate of drug-likeness (QED) is 0.0262. The number of carbonyl (C=O) groups excluding carboxylic acids is 3. The van der Waals surface area contributed by atoms with Gasteiger partial charge in [0.1, 0.15) is 13.2 Å². The lowest BCUT2D eigenvalue weighted by atomic mass is 10.1. The van der Waals surface area contributed by atoms with Crippen molar-refractivity contribution in [3.63, 3.8) is 0 Å². The number of hydrogen-bond acceptors (Lipinski definition) is 6. The Kier molecular flexibility index (Phi) is 50.9. The summed E-state index contributed by atoms with van der Waals surface area (Å²) in [7, 11) is 0. The van der Waals surface area contributed by atoms with E-state index in [-0.39, 0.29) is 37.5 Å². The molecule has 0 aromatic rings. The molecule has 0 saturated carbocycles. The monoisotopic (exact) mass is 907 g/mol. The largest absolute Gasteiger partial charge is 0.462 e. The molecule has 0 amide bonds. The Morgan fingerprint density at radius 2 is 0.554 bits per heavy atom. The summed E-state index contributed by atoms with van der Waals surface area (Å²) in [6, 6.07) is 0. The molecule has 0 rings (SSSR count). The third-order valence-corrected chi connectivity index (χ3v) is 11.7. The van der Waals surface area contributed by atoms with Crippen LogP contribution in [0.15, 0.2) is 72.9 Å². The maximum atomic E-state index is 12.8. The second-order valence-electron chi connectivity index (χ2n) is 18.1. The van der Waals surface area contributed by atoms with Gasteiger partial charge in [-0.15, -0.1) is 0 Å². The first-order valence-electron chi connectivity index (χ1n) is 27.4. The molecule has 65 heavy (non-hydrogen) atoms. The van der Waals surface area contributed by atoms with Crippen molar-refractivity contribution in [2.24, 2.45) is 0 Å². The third kappa shape index (κ3) is 51.7. The van der Waals surface area contributed by atoms with E-state index in [9.17, 15) is 14.4 Å². The maximum Gasteiger partial charge on any atom is 0.306 e. The summed E-state index contributed by atoms with van der Waals surface area (Å²) in [6.45, 7) is 6.54. The van der Waals surface area contributed by atoms with E-state index in [1.54, 1.807) is 0 Å². The van der Waals surface area contributed by atoms with Gasteiger partial charge in [0.15, 0.2) is 6.10 Å². The smallest absolute Gasteiger partial charge is 0.306 e. The first kappa shape index (κ1) is 61.9. The highest BCUT2D eigenvalue weighted by Gasteiger charge is 2.19. The fourth-order valence-electron chi connectivity index (χ4n) is 7.47. The van der Waals surface area contributed by atoms with Crippen molar-refractivity contribution in [1.29, 1.82) is 0 Å². The zero-order valence-corrected chi connectivity index (χ0v) is 42.7. The Bertz CT molecular complexity index is 1230. The van der Waals surface area contributed by atoms with Crippen LogP contribution in [0.25, 0.3) is 0 Å². The Hall–Kier alpha value is -3.15. The van der Waals surface area contributed by atoms with Gasteiger partial charge in [-0.25, -0.2) is 0 Å². The van der Waals surface area contributed by atoms with Crippen LogP contribution in [0.4, 0.5) is 0 Å². The van der Waals surface area contributed by atoms with Crippen molar-refractivity contribution >= 4 is 17.9 Å². The summed E-state index contributed by atoms with van der Waals surface area (Å²) in [6.07, 6.45) is 67.4. The van der Waals surface area contributed by atoms with Crippen LogP contribution in [0.3, 0.4) is 0 Å². The molecule has 0 saturated heterocycles. The number of hydrogen-bond donors (Lipinski definition) is 0. The average molecular weight is 907 g/mol. The molecule has 0 N–H and O–H groups in total. The van der Waals surface area contributed by atoms with Crippen molar-refractivity contribution in [2.75, 3.05) is 13.2 Å². The number of esters is 3. The lowest BCUT2D eigenvalue weighted by molar-refractivity contribution is -0.167. The van der Waals surface area contributed by atoms with Crippen LogP contribution in [-0.2, 0) is 28.6 Å². The van der Waals surface area contributed by atoms with E-state index in [4.69, 9.17) is 14.2 Å². The van der Waals surface area contributed by atoms with E-state index in [0.29, 0.717) is 19.3 Å². The SMILES string of the molecule is CCCCC/C=C\C/C=C\C/C=C\CCCCC(=O)O[C@H](COC(=O)CCCCCCC/C=C\C/C=C\CCCCC)COC(=O)CCCCCCCCC/C=C\CCCCCCCC. The minimum absolute atomic E-state index is 0.0974. The van der Waals surface area contributed by atoms with E-state index >= 15 is 0 Å². The van der Waals surface area contributed by atoms with Crippen LogP contribution in [-0.4, -0.2) is 37.2 Å². The van der Waals surface area contributed by atoms with Crippen molar-refractivity contribution in [3.05, 3.63) is 72.9 Å². The second-order valence-corrected chi connectivity index (χ2v) is 18.1. The lowest BCUT2D eigenvalue weighted by Crippen LogP contribution is -2.30. The molecule has 0 radical (unpaired) electrons. The molecule has 6 heteroatoms. The first-order chi connectivity index (χ1) is 32.0. The topological polar surface area (TPSA) is 78.9 Å². The second kappa shape index (κ2) is 53.5. The van der Waals surface area contributed by atoms with Crippen molar-refractivity contribution in [3.8, 4) is 0 Å². The van der Waals surface area contributed by atoms with Gasteiger partial charge < -0.3 is 14.2 Å². The van der Waals surface area contributed by atoms with Crippen molar-refractivity contribution in [2.45, 2.75) is 271 Å². The van der Waals surface area contributed by atoms with Crippen molar-refractivity contribution < 1.29 is 28.6 Å². The molecule has 0 heterocycles. The van der Waals surface area contributed by atoms with Gasteiger partial charge in [0.25, 0.3) is 0 Å². The summed E-state index contributed by atoms with van der Waals surface area (Å²) in [5.41, 5.74) is 0. The van der Waals surface area contributed by atoms with Crippen LogP contribution in [0, 0.1) is 0 Å². The van der Waals surface area contributed by atoms with E-state index in [1.165, 1.54) is 128 Å². The van der Waals surface area contributed by atoms with Crippen LogP contribution < -0.4 is 0 Å². The molecular weight excluding hydrogens is 805 g/mol. The molecule has 0 aromatic heterocycles. The van der Waals surface area contributed by atoms with Crippen LogP contribution in [0.1, 0.15) is 265 Å². The van der Waals surface area contributed by atoms with Gasteiger partial charge in [0, 0.05) is 19.3 Å². The number of carbonyl (C=O) groups is 3. The molecule has 0 aromatic carbocycles. The van der Waals surface area contributed by atoms with Gasteiger partial charge >= 0.3 is 17.9 Å². The van der Waals surface area contributed by atoms with E-state index in [0.717, 1.165) is 89.9 Å². The van der Waals surface area contributed by atoms with Crippen molar-refractivity contribution in [1.82, 2.24) is 0 Å². The predicted octanol–water partition coefficient (Wildman–Crippen LogP) is 18.2. The highest BCUT2D eigenvalue weighted by molar-refractivity contribution is 5.71. The summed E-state index contributed by atoms with van der Waals surface area (Å²) < 4.78 is 16.8. The molecule has 0 aliphatic rings. The first-order valence-corrected chi connectivity index (χ1v) is 27.4. The predicted molar refractivity (Wildman–Crippen MR) is 279 cm³/mol. The van der Waals surface area contributed by atoms with E-state index in [1.807, 2.05) is 0 Å². The molecule has 0 aliphatic heterocycles. The number of unbranched alkanes of at least 4 members (excludes halogenated alkanes) is 26. The molecule has 0 spiro atoms. The van der Waals surface area contributed by atoms with Gasteiger partial charge in [-0.05, 0) is 116 Å². The molecule has 0 bridgehead atoms. The Balaban J connectivity index is 4.46. The minimum atomic E-state index is -0.803. The summed E-state index contributed by atoms with van der Waals surface area (Å²) in [4.78, 5) is 38.1. The normalized spacial score (nSPS) is 12.6. The molecular formula is C59H102O6. The highest BCUT2D eigenvalue weighted by Crippen LogP contribution is 2.14. The lowest BCUT2D eigenvalue weighted by Gasteiger charge is -2.18. The number of allylic oxidation sites excluding steroid dienone is 12. The van der Waals surface area contributed by atoms with E-state index < -0.39 is 6.10 Å². The van der Waals surface area contributed by atoms with Gasteiger partial charge in [-0.3, -0.25) is 14.4 Å². The molecule has 0 aliphatic carbocycles. The number of ether oxygens (including phenoxy) is 3. The molecule has 6 nitrogen and oxygen atoms in total. The van der Waals surface area contributed by atoms with Gasteiger partial charge in [0.2, 0.25) is 0 Å². The highest BCUT2D eigenvalue weighted by atomic mass is 16.6. The summed E-state index contributed by atoms with van der Waals surface area (Å²) in [5.74, 6) is -0.950. The number of rotatable bonds is 49.